The van der Waals surface area contributed by atoms with E-state index < -0.39 is 29.9 Å². The first-order chi connectivity index (χ1) is 7.77. The van der Waals surface area contributed by atoms with Crippen molar-refractivity contribution < 1.29 is 49.0 Å². The number of halogens is 9. The first-order valence-electron chi connectivity index (χ1n) is 3.96. The normalized spacial score (nSPS) is 33.2. The molecule has 0 N–H and O–H groups in total. The molecule has 1 atom stereocenters. The first kappa shape index (κ1) is 14.9. The molecule has 0 aromatic heterocycles. The minimum absolute atomic E-state index is 0.296. The van der Waals surface area contributed by atoms with Gasteiger partial charge >= 0.3 is 29.9 Å². The molecule has 0 aliphatic carbocycles. The molecule has 11 heteroatoms. The molecule has 106 valence electrons. The van der Waals surface area contributed by atoms with Gasteiger partial charge in [0.25, 0.3) is 0 Å². The zero-order valence-electron chi connectivity index (χ0n) is 8.00. The molecule has 1 fully saturated rings. The quantitative estimate of drug-likeness (QED) is 0.586. The van der Waals surface area contributed by atoms with E-state index in [2.05, 4.69) is 16.1 Å². The second-order valence-electron chi connectivity index (χ2n) is 3.16. The minimum atomic E-state index is -6.53. The van der Waals surface area contributed by atoms with Gasteiger partial charge in [-0.3, -0.25) is 4.74 Å². The predicted octanol–water partition coefficient (Wildman–Crippen LogP) is 3.30. The molecule has 0 saturated carbocycles. The van der Waals surface area contributed by atoms with Crippen LogP contribution in [0.25, 0.3) is 0 Å². The molecule has 2 nitrogen and oxygen atoms in total. The summed E-state index contributed by atoms with van der Waals surface area (Å²) < 4.78 is 119. The summed E-state index contributed by atoms with van der Waals surface area (Å²) in [5.74, 6) is -19.1. The SMILES string of the molecule is C=COC(F)(F)C1(F)OC(F)(F)C(F)(F)C1(F)F. The highest BCUT2D eigenvalue weighted by Gasteiger charge is 2.96. The maximum atomic E-state index is 13.2. The molecule has 18 heavy (non-hydrogen) atoms. The molecule has 0 aromatic rings. The fourth-order valence-electron chi connectivity index (χ4n) is 1.11. The van der Waals surface area contributed by atoms with Crippen LogP contribution in [0, 0.1) is 0 Å². The van der Waals surface area contributed by atoms with Crippen LogP contribution in [0.5, 0.6) is 0 Å². The molecule has 0 amide bonds. The average Bonchev–Trinajstić information content (AvgIpc) is 2.23. The van der Waals surface area contributed by atoms with Crippen LogP contribution in [-0.4, -0.2) is 29.9 Å². The van der Waals surface area contributed by atoms with Gasteiger partial charge in [0.05, 0.1) is 6.26 Å². The molecule has 0 radical (unpaired) electrons. The molecule has 1 unspecified atom stereocenters. The summed E-state index contributed by atoms with van der Waals surface area (Å²) in [6, 6.07) is 0. The van der Waals surface area contributed by atoms with Gasteiger partial charge in [-0.1, -0.05) is 6.58 Å². The largest absolute Gasteiger partial charge is 0.465 e. The summed E-state index contributed by atoms with van der Waals surface area (Å²) >= 11 is 0. The number of hydrogen-bond donors (Lipinski definition) is 0. The second-order valence-corrected chi connectivity index (χ2v) is 3.16. The van der Waals surface area contributed by atoms with Crippen LogP contribution in [-0.2, 0) is 9.47 Å². The maximum Gasteiger partial charge on any atom is 0.465 e. The Kier molecular flexibility index (Phi) is 2.87. The van der Waals surface area contributed by atoms with Crippen molar-refractivity contribution in [3.63, 3.8) is 0 Å². The lowest BCUT2D eigenvalue weighted by Crippen LogP contribution is -2.60. The fraction of sp³-hybridized carbons (Fsp3) is 0.714. The molecule has 1 saturated heterocycles. The monoisotopic (exact) mass is 290 g/mol. The van der Waals surface area contributed by atoms with Crippen LogP contribution in [0.3, 0.4) is 0 Å². The zero-order chi connectivity index (χ0) is 14.6. The fourth-order valence-corrected chi connectivity index (χ4v) is 1.11. The Hall–Kier alpha value is -1.13. The van der Waals surface area contributed by atoms with Crippen molar-refractivity contribution in [2.45, 2.75) is 29.9 Å². The van der Waals surface area contributed by atoms with Crippen molar-refractivity contribution >= 4 is 0 Å². The lowest BCUT2D eigenvalue weighted by Gasteiger charge is -2.30. The van der Waals surface area contributed by atoms with Crippen molar-refractivity contribution in [3.8, 4) is 0 Å². The second kappa shape index (κ2) is 3.45. The van der Waals surface area contributed by atoms with Gasteiger partial charge in [-0.2, -0.15) is 39.5 Å². The Labute approximate surface area is 93.0 Å². The van der Waals surface area contributed by atoms with Crippen LogP contribution in [0.1, 0.15) is 0 Å². The van der Waals surface area contributed by atoms with Crippen molar-refractivity contribution in [1.82, 2.24) is 0 Å². The van der Waals surface area contributed by atoms with Crippen molar-refractivity contribution in [2.75, 3.05) is 0 Å². The van der Waals surface area contributed by atoms with E-state index in [-0.39, 0.29) is 6.26 Å². The number of ether oxygens (including phenoxy) is 2. The van der Waals surface area contributed by atoms with Gasteiger partial charge in [-0.25, -0.2) is 0 Å². The topological polar surface area (TPSA) is 18.5 Å². The van der Waals surface area contributed by atoms with E-state index in [0.29, 0.717) is 0 Å². The van der Waals surface area contributed by atoms with E-state index in [1.165, 1.54) is 0 Å². The highest BCUT2D eigenvalue weighted by atomic mass is 19.4. The molecule has 1 rings (SSSR count). The molecular weight excluding hydrogens is 287 g/mol. The highest BCUT2D eigenvalue weighted by molar-refractivity contribution is 5.11. The van der Waals surface area contributed by atoms with Crippen molar-refractivity contribution in [1.29, 1.82) is 0 Å². The van der Waals surface area contributed by atoms with E-state index in [9.17, 15) is 39.5 Å². The number of alkyl halides is 9. The Bertz CT molecular complexity index is 366. The smallest absolute Gasteiger partial charge is 0.437 e. The highest BCUT2D eigenvalue weighted by Crippen LogP contribution is 2.64. The zero-order valence-corrected chi connectivity index (χ0v) is 8.00. The van der Waals surface area contributed by atoms with Gasteiger partial charge in [0.1, 0.15) is 0 Å². The van der Waals surface area contributed by atoms with E-state index in [4.69, 9.17) is 0 Å². The van der Waals surface area contributed by atoms with Crippen LogP contribution in [0.2, 0.25) is 0 Å². The Balaban J connectivity index is 3.39. The van der Waals surface area contributed by atoms with Crippen molar-refractivity contribution in [2.24, 2.45) is 0 Å². The van der Waals surface area contributed by atoms with E-state index >= 15 is 0 Å². The molecule has 0 aromatic carbocycles. The first-order valence-corrected chi connectivity index (χ1v) is 3.96. The average molecular weight is 290 g/mol. The summed E-state index contributed by atoms with van der Waals surface area (Å²) in [6.07, 6.45) is -12.2. The van der Waals surface area contributed by atoms with Gasteiger partial charge in [0, 0.05) is 0 Å². The summed E-state index contributed by atoms with van der Waals surface area (Å²) in [5.41, 5.74) is 0. The number of hydrogen-bond acceptors (Lipinski definition) is 2. The van der Waals surface area contributed by atoms with E-state index in [0.717, 1.165) is 0 Å². The van der Waals surface area contributed by atoms with Crippen LogP contribution in [0.4, 0.5) is 39.5 Å². The molecule has 0 bridgehead atoms. The number of rotatable bonds is 3. The molecule has 1 aliphatic rings. The third-order valence-electron chi connectivity index (χ3n) is 2.04. The van der Waals surface area contributed by atoms with E-state index in [1.807, 2.05) is 0 Å². The molecular formula is C7H3F9O2. The van der Waals surface area contributed by atoms with Crippen LogP contribution < -0.4 is 0 Å². The maximum absolute atomic E-state index is 13.2. The summed E-state index contributed by atoms with van der Waals surface area (Å²) in [6.45, 7) is 2.42. The Morgan fingerprint density at radius 1 is 0.944 bits per heavy atom. The van der Waals surface area contributed by atoms with Gasteiger partial charge in [0.2, 0.25) is 0 Å². The Morgan fingerprint density at radius 3 is 1.67 bits per heavy atom. The van der Waals surface area contributed by atoms with Gasteiger partial charge in [-0.05, 0) is 0 Å². The molecule has 1 heterocycles. The summed E-state index contributed by atoms with van der Waals surface area (Å²) in [5, 5.41) is 0. The van der Waals surface area contributed by atoms with Crippen LogP contribution in [0.15, 0.2) is 12.8 Å². The van der Waals surface area contributed by atoms with Gasteiger partial charge < -0.3 is 4.74 Å². The molecule has 0 spiro atoms. The Morgan fingerprint density at radius 2 is 1.39 bits per heavy atom. The predicted molar refractivity (Wildman–Crippen MR) is 36.0 cm³/mol. The minimum Gasteiger partial charge on any atom is -0.437 e. The van der Waals surface area contributed by atoms with Crippen molar-refractivity contribution in [3.05, 3.63) is 12.8 Å². The third-order valence-corrected chi connectivity index (χ3v) is 2.04. The third kappa shape index (κ3) is 1.42. The van der Waals surface area contributed by atoms with Gasteiger partial charge in [-0.15, -0.1) is 0 Å². The summed E-state index contributed by atoms with van der Waals surface area (Å²) in [7, 11) is 0. The lowest BCUT2D eigenvalue weighted by molar-refractivity contribution is -0.427. The van der Waals surface area contributed by atoms with Crippen LogP contribution >= 0.6 is 0 Å². The standard InChI is InChI=1S/C7H3F9O2/c1-2-17-7(15,16)5(12)3(8,9)4(10,11)6(13,14)18-5/h2H,1H2. The van der Waals surface area contributed by atoms with E-state index in [1.54, 1.807) is 0 Å². The summed E-state index contributed by atoms with van der Waals surface area (Å²) in [4.78, 5) is 0. The van der Waals surface area contributed by atoms with Gasteiger partial charge in [0.15, 0.2) is 0 Å². The molecule has 1 aliphatic heterocycles. The lowest BCUT2D eigenvalue weighted by atomic mass is 10.1.